The van der Waals surface area contributed by atoms with E-state index in [0.29, 0.717) is 19.6 Å². The molecule has 1 aliphatic heterocycles. The van der Waals surface area contributed by atoms with Crippen molar-refractivity contribution in [1.82, 2.24) is 10.2 Å². The maximum Gasteiger partial charge on any atom is 0.261 e. The number of nitrogens with two attached hydrogens (primary N) is 1. The van der Waals surface area contributed by atoms with Crippen molar-refractivity contribution in [3.05, 3.63) is 57.3 Å². The first-order valence-corrected chi connectivity index (χ1v) is 10.9. The maximum absolute atomic E-state index is 12.7. The van der Waals surface area contributed by atoms with Gasteiger partial charge in [-0.1, -0.05) is 30.3 Å². The summed E-state index contributed by atoms with van der Waals surface area (Å²) in [7, 11) is 0. The minimum Gasteiger partial charge on any atom is -0.342 e. The molecule has 0 spiro atoms. The molecule has 1 aromatic heterocycles. The van der Waals surface area contributed by atoms with E-state index in [1.807, 2.05) is 29.2 Å². The molecule has 156 valence electrons. The first-order chi connectivity index (χ1) is 13.7. The standard InChI is InChI=1S/C22H27N3O2S.ClH/c23-11-17-13-25(14-18(17)15-6-2-1-3-7-15)21(26)12-24-22(27)20-10-16-8-4-5-9-19(16)28-20;/h1-3,6-7,10,17-18H,4-5,8-9,11-14,23H2,(H,24,27);1H/t17-,18+;/m1./s1. The van der Waals surface area contributed by atoms with E-state index in [1.54, 1.807) is 11.3 Å². The summed E-state index contributed by atoms with van der Waals surface area (Å²) >= 11 is 1.58. The molecule has 5 nitrogen and oxygen atoms in total. The second-order valence-corrected chi connectivity index (χ2v) is 8.90. The maximum atomic E-state index is 12.7. The van der Waals surface area contributed by atoms with Gasteiger partial charge in [-0.2, -0.15) is 0 Å². The lowest BCUT2D eigenvalue weighted by atomic mass is 9.89. The van der Waals surface area contributed by atoms with E-state index in [0.717, 1.165) is 17.7 Å². The van der Waals surface area contributed by atoms with Gasteiger partial charge in [0.1, 0.15) is 0 Å². The second kappa shape index (κ2) is 9.74. The Balaban J connectivity index is 0.00000240. The van der Waals surface area contributed by atoms with Crippen LogP contribution in [-0.2, 0) is 17.6 Å². The number of carbonyl (C=O) groups excluding carboxylic acids is 2. The minimum absolute atomic E-state index is 0. The van der Waals surface area contributed by atoms with E-state index in [4.69, 9.17) is 5.73 Å². The van der Waals surface area contributed by atoms with Gasteiger partial charge >= 0.3 is 0 Å². The Hall–Kier alpha value is -1.89. The molecule has 2 amide bonds. The molecular formula is C22H28ClN3O2S. The molecule has 0 bridgehead atoms. The van der Waals surface area contributed by atoms with E-state index in [2.05, 4.69) is 17.4 Å². The number of halogens is 1. The van der Waals surface area contributed by atoms with Crippen LogP contribution in [0.5, 0.6) is 0 Å². The molecule has 2 aliphatic rings. The Morgan fingerprint density at radius 3 is 2.62 bits per heavy atom. The molecule has 0 radical (unpaired) electrons. The van der Waals surface area contributed by atoms with Crippen LogP contribution in [-0.4, -0.2) is 42.9 Å². The third-order valence-corrected chi connectivity index (χ3v) is 7.18. The van der Waals surface area contributed by atoms with Crippen LogP contribution < -0.4 is 11.1 Å². The van der Waals surface area contributed by atoms with Crippen molar-refractivity contribution < 1.29 is 9.59 Å². The third-order valence-electron chi connectivity index (χ3n) is 5.94. The number of carbonyl (C=O) groups is 2. The lowest BCUT2D eigenvalue weighted by Crippen LogP contribution is -2.39. The van der Waals surface area contributed by atoms with Crippen molar-refractivity contribution in [3.63, 3.8) is 0 Å². The molecule has 1 fully saturated rings. The Labute approximate surface area is 182 Å². The van der Waals surface area contributed by atoms with Crippen molar-refractivity contribution in [1.29, 1.82) is 0 Å². The highest BCUT2D eigenvalue weighted by atomic mass is 35.5. The van der Waals surface area contributed by atoms with Crippen LogP contribution in [0, 0.1) is 5.92 Å². The van der Waals surface area contributed by atoms with E-state index >= 15 is 0 Å². The Morgan fingerprint density at radius 1 is 1.14 bits per heavy atom. The third kappa shape index (κ3) is 4.82. The van der Waals surface area contributed by atoms with E-state index in [-0.39, 0.29) is 42.6 Å². The molecule has 2 heterocycles. The van der Waals surface area contributed by atoms with Crippen LogP contribution in [0.1, 0.15) is 44.4 Å². The highest BCUT2D eigenvalue weighted by Crippen LogP contribution is 2.32. The summed E-state index contributed by atoms with van der Waals surface area (Å²) in [6, 6.07) is 12.2. The summed E-state index contributed by atoms with van der Waals surface area (Å²) in [5.41, 5.74) is 8.50. The molecule has 1 aromatic carbocycles. The van der Waals surface area contributed by atoms with Crippen LogP contribution in [0.15, 0.2) is 36.4 Å². The number of hydrogen-bond donors (Lipinski definition) is 2. The largest absolute Gasteiger partial charge is 0.342 e. The summed E-state index contributed by atoms with van der Waals surface area (Å²) in [6.45, 7) is 1.91. The second-order valence-electron chi connectivity index (χ2n) is 7.76. The van der Waals surface area contributed by atoms with E-state index in [1.165, 1.54) is 28.8 Å². The van der Waals surface area contributed by atoms with Gasteiger partial charge in [0.05, 0.1) is 11.4 Å². The van der Waals surface area contributed by atoms with E-state index in [9.17, 15) is 9.59 Å². The fourth-order valence-corrected chi connectivity index (χ4v) is 5.52. The van der Waals surface area contributed by atoms with Gasteiger partial charge in [-0.05, 0) is 55.3 Å². The summed E-state index contributed by atoms with van der Waals surface area (Å²) in [4.78, 5) is 29.1. The van der Waals surface area contributed by atoms with Gasteiger partial charge in [-0.25, -0.2) is 0 Å². The predicted molar refractivity (Wildman–Crippen MR) is 119 cm³/mol. The Bertz CT molecular complexity index is 831. The summed E-state index contributed by atoms with van der Waals surface area (Å²) in [5, 5.41) is 2.82. The Kier molecular flexibility index (Phi) is 7.33. The molecule has 2 atom stereocenters. The van der Waals surface area contributed by atoms with Crippen molar-refractivity contribution in [3.8, 4) is 0 Å². The Morgan fingerprint density at radius 2 is 1.90 bits per heavy atom. The SMILES string of the molecule is Cl.NC[C@@H]1CN(C(=O)CNC(=O)c2cc3c(s2)CCCC3)C[C@H]1c1ccccc1. The minimum atomic E-state index is -0.137. The van der Waals surface area contributed by atoms with Gasteiger partial charge < -0.3 is 16.0 Å². The van der Waals surface area contributed by atoms with Crippen LogP contribution >= 0.6 is 23.7 Å². The number of thiophene rings is 1. The van der Waals surface area contributed by atoms with Crippen LogP contribution in [0.4, 0.5) is 0 Å². The highest BCUT2D eigenvalue weighted by molar-refractivity contribution is 7.14. The fourth-order valence-electron chi connectivity index (χ4n) is 4.35. The number of nitrogens with one attached hydrogen (secondary N) is 1. The first-order valence-electron chi connectivity index (χ1n) is 10.1. The van der Waals surface area contributed by atoms with Crippen LogP contribution in [0.25, 0.3) is 0 Å². The molecule has 0 saturated carbocycles. The van der Waals surface area contributed by atoms with Gasteiger partial charge in [-0.15, -0.1) is 23.7 Å². The van der Waals surface area contributed by atoms with Gasteiger partial charge in [0.2, 0.25) is 5.91 Å². The number of nitrogens with zero attached hydrogens (tertiary/aromatic N) is 1. The smallest absolute Gasteiger partial charge is 0.261 e. The number of benzene rings is 1. The number of rotatable bonds is 5. The molecule has 29 heavy (non-hydrogen) atoms. The fraction of sp³-hybridized carbons (Fsp3) is 0.455. The van der Waals surface area contributed by atoms with E-state index < -0.39 is 0 Å². The average Bonchev–Trinajstić information content (AvgIpc) is 3.36. The number of amides is 2. The van der Waals surface area contributed by atoms with Crippen molar-refractivity contribution >= 4 is 35.6 Å². The van der Waals surface area contributed by atoms with Crippen LogP contribution in [0.2, 0.25) is 0 Å². The monoisotopic (exact) mass is 433 g/mol. The van der Waals surface area contributed by atoms with Gasteiger partial charge in [0.25, 0.3) is 5.91 Å². The summed E-state index contributed by atoms with van der Waals surface area (Å²) in [5.74, 6) is 0.342. The highest BCUT2D eigenvalue weighted by Gasteiger charge is 2.35. The van der Waals surface area contributed by atoms with Gasteiger partial charge in [0.15, 0.2) is 0 Å². The average molecular weight is 434 g/mol. The lowest BCUT2D eigenvalue weighted by molar-refractivity contribution is -0.129. The molecule has 4 rings (SSSR count). The number of hydrogen-bond acceptors (Lipinski definition) is 4. The number of aryl methyl sites for hydroxylation is 2. The molecule has 2 aromatic rings. The molecule has 0 unspecified atom stereocenters. The lowest BCUT2D eigenvalue weighted by Gasteiger charge is -2.17. The summed E-state index contributed by atoms with van der Waals surface area (Å²) in [6.07, 6.45) is 4.53. The molecule has 1 saturated heterocycles. The van der Waals surface area contributed by atoms with Gasteiger partial charge in [0, 0.05) is 23.9 Å². The first kappa shape index (κ1) is 21.8. The molecule has 1 aliphatic carbocycles. The predicted octanol–water partition coefficient (Wildman–Crippen LogP) is 2.98. The zero-order valence-electron chi connectivity index (χ0n) is 16.4. The van der Waals surface area contributed by atoms with Crippen molar-refractivity contribution in [2.24, 2.45) is 11.7 Å². The zero-order chi connectivity index (χ0) is 19.5. The zero-order valence-corrected chi connectivity index (χ0v) is 18.1. The van der Waals surface area contributed by atoms with Crippen molar-refractivity contribution in [2.45, 2.75) is 31.6 Å². The quantitative estimate of drug-likeness (QED) is 0.761. The topological polar surface area (TPSA) is 75.4 Å². The van der Waals surface area contributed by atoms with Crippen LogP contribution in [0.3, 0.4) is 0 Å². The normalized spacial score (nSPS) is 20.7. The van der Waals surface area contributed by atoms with Gasteiger partial charge in [-0.3, -0.25) is 9.59 Å². The molecule has 7 heteroatoms. The number of likely N-dealkylation sites (tertiary alicyclic amines) is 1. The molecular weight excluding hydrogens is 406 g/mol. The van der Waals surface area contributed by atoms with Crippen molar-refractivity contribution in [2.75, 3.05) is 26.2 Å². The number of fused-ring (bicyclic) bond motifs is 1. The summed E-state index contributed by atoms with van der Waals surface area (Å²) < 4.78 is 0. The molecule has 3 N–H and O–H groups in total.